The van der Waals surface area contributed by atoms with E-state index in [0.717, 1.165) is 23.1 Å². The van der Waals surface area contributed by atoms with Crippen molar-refractivity contribution in [2.75, 3.05) is 0 Å². The Bertz CT molecular complexity index is 625. The van der Waals surface area contributed by atoms with E-state index in [1.54, 1.807) is 0 Å². The first-order valence-electron chi connectivity index (χ1n) is 7.12. The van der Waals surface area contributed by atoms with Crippen LogP contribution in [-0.2, 0) is 4.79 Å². The van der Waals surface area contributed by atoms with Gasteiger partial charge in [0.15, 0.2) is 5.78 Å². The second-order valence-electron chi connectivity index (χ2n) is 5.49. The molecule has 2 atom stereocenters. The van der Waals surface area contributed by atoms with Gasteiger partial charge in [0.25, 0.3) is 0 Å². The SMILES string of the molecule is CC1C=C(c2ccccc2)C(=O)C(c2ccccc2)C1. The second-order valence-corrected chi connectivity index (χ2v) is 5.49. The van der Waals surface area contributed by atoms with Crippen molar-refractivity contribution in [2.24, 2.45) is 5.92 Å². The molecule has 100 valence electrons. The fraction of sp³-hybridized carbons (Fsp3) is 0.211. The fourth-order valence-corrected chi connectivity index (χ4v) is 2.93. The molecule has 0 saturated heterocycles. The van der Waals surface area contributed by atoms with E-state index < -0.39 is 0 Å². The Labute approximate surface area is 120 Å². The van der Waals surface area contributed by atoms with E-state index in [1.807, 2.05) is 48.5 Å². The van der Waals surface area contributed by atoms with Crippen LogP contribution in [0.25, 0.3) is 5.57 Å². The van der Waals surface area contributed by atoms with E-state index in [-0.39, 0.29) is 11.7 Å². The predicted molar refractivity (Wildman–Crippen MR) is 82.4 cm³/mol. The molecule has 0 fully saturated rings. The van der Waals surface area contributed by atoms with Crippen LogP contribution in [0.4, 0.5) is 0 Å². The average Bonchev–Trinajstić information content (AvgIpc) is 2.51. The monoisotopic (exact) mass is 262 g/mol. The van der Waals surface area contributed by atoms with Crippen LogP contribution in [0.5, 0.6) is 0 Å². The first kappa shape index (κ1) is 12.9. The zero-order chi connectivity index (χ0) is 13.9. The molecule has 0 N–H and O–H groups in total. The molecule has 1 aliphatic carbocycles. The van der Waals surface area contributed by atoms with E-state index in [2.05, 4.69) is 25.1 Å². The molecule has 0 heterocycles. The normalized spacial score (nSPS) is 22.4. The maximum Gasteiger partial charge on any atom is 0.170 e. The van der Waals surface area contributed by atoms with Crippen LogP contribution < -0.4 is 0 Å². The first-order valence-corrected chi connectivity index (χ1v) is 7.12. The number of ketones is 1. The number of hydrogen-bond donors (Lipinski definition) is 0. The Morgan fingerprint density at radius 1 is 0.900 bits per heavy atom. The number of carbonyl (C=O) groups is 1. The van der Waals surface area contributed by atoms with Crippen LogP contribution >= 0.6 is 0 Å². The lowest BCUT2D eigenvalue weighted by Crippen LogP contribution is -2.21. The molecule has 2 aromatic carbocycles. The highest BCUT2D eigenvalue weighted by Crippen LogP contribution is 2.36. The quantitative estimate of drug-likeness (QED) is 0.780. The van der Waals surface area contributed by atoms with Crippen molar-refractivity contribution >= 4 is 11.4 Å². The Hall–Kier alpha value is -2.15. The zero-order valence-corrected chi connectivity index (χ0v) is 11.6. The summed E-state index contributed by atoms with van der Waals surface area (Å²) < 4.78 is 0. The number of allylic oxidation sites excluding steroid dienone is 2. The molecule has 0 amide bonds. The van der Waals surface area contributed by atoms with E-state index in [0.29, 0.717) is 5.92 Å². The number of Topliss-reactive ketones (excluding diaryl/α,β-unsaturated/α-hetero) is 1. The van der Waals surface area contributed by atoms with Crippen LogP contribution in [-0.4, -0.2) is 5.78 Å². The van der Waals surface area contributed by atoms with E-state index in [4.69, 9.17) is 0 Å². The topological polar surface area (TPSA) is 17.1 Å². The van der Waals surface area contributed by atoms with Gasteiger partial charge in [-0.3, -0.25) is 4.79 Å². The summed E-state index contributed by atoms with van der Waals surface area (Å²) in [4.78, 5) is 12.8. The summed E-state index contributed by atoms with van der Waals surface area (Å²) in [6, 6.07) is 20.1. The summed E-state index contributed by atoms with van der Waals surface area (Å²) in [5.74, 6) is 0.667. The molecule has 0 aromatic heterocycles. The van der Waals surface area contributed by atoms with Crippen LogP contribution in [0.15, 0.2) is 66.7 Å². The zero-order valence-electron chi connectivity index (χ0n) is 11.6. The smallest absolute Gasteiger partial charge is 0.170 e. The fourth-order valence-electron chi connectivity index (χ4n) is 2.93. The minimum absolute atomic E-state index is 0.00796. The number of rotatable bonds is 2. The molecule has 20 heavy (non-hydrogen) atoms. The van der Waals surface area contributed by atoms with Gasteiger partial charge in [-0.1, -0.05) is 73.7 Å². The van der Waals surface area contributed by atoms with Crippen molar-refractivity contribution in [1.29, 1.82) is 0 Å². The van der Waals surface area contributed by atoms with Gasteiger partial charge < -0.3 is 0 Å². The molecule has 1 nitrogen and oxygen atoms in total. The van der Waals surface area contributed by atoms with Gasteiger partial charge in [0, 0.05) is 11.5 Å². The first-order chi connectivity index (χ1) is 9.75. The molecule has 1 heteroatoms. The lowest BCUT2D eigenvalue weighted by Gasteiger charge is -2.26. The van der Waals surface area contributed by atoms with Crippen LogP contribution in [0, 0.1) is 5.92 Å². The molecule has 2 unspecified atom stereocenters. The van der Waals surface area contributed by atoms with Crippen molar-refractivity contribution < 1.29 is 4.79 Å². The Kier molecular flexibility index (Phi) is 3.51. The third-order valence-corrected chi connectivity index (χ3v) is 3.93. The summed E-state index contributed by atoms with van der Waals surface area (Å²) in [7, 11) is 0. The molecule has 0 radical (unpaired) electrons. The van der Waals surface area contributed by atoms with Gasteiger partial charge in [0.2, 0.25) is 0 Å². The average molecular weight is 262 g/mol. The lowest BCUT2D eigenvalue weighted by molar-refractivity contribution is -0.115. The summed E-state index contributed by atoms with van der Waals surface area (Å²) in [5, 5.41) is 0. The molecular formula is C19H18O. The van der Waals surface area contributed by atoms with Gasteiger partial charge in [-0.2, -0.15) is 0 Å². The Balaban J connectivity index is 1.99. The van der Waals surface area contributed by atoms with E-state index in [9.17, 15) is 4.79 Å². The summed E-state index contributed by atoms with van der Waals surface area (Å²) in [6.45, 7) is 2.19. The van der Waals surface area contributed by atoms with E-state index in [1.165, 1.54) is 0 Å². The van der Waals surface area contributed by atoms with Crippen LogP contribution in [0.2, 0.25) is 0 Å². The predicted octanol–water partition coefficient (Wildman–Crippen LogP) is 4.46. The second kappa shape index (κ2) is 5.46. The van der Waals surface area contributed by atoms with Gasteiger partial charge in [-0.05, 0) is 23.5 Å². The number of hydrogen-bond acceptors (Lipinski definition) is 1. The Morgan fingerprint density at radius 3 is 2.15 bits per heavy atom. The molecule has 0 bridgehead atoms. The van der Waals surface area contributed by atoms with Crippen molar-refractivity contribution in [1.82, 2.24) is 0 Å². The molecule has 2 aromatic rings. The van der Waals surface area contributed by atoms with Gasteiger partial charge >= 0.3 is 0 Å². The molecule has 3 rings (SSSR count). The summed E-state index contributed by atoms with van der Waals surface area (Å²) in [6.07, 6.45) is 3.02. The van der Waals surface area contributed by atoms with Gasteiger partial charge in [0.1, 0.15) is 0 Å². The largest absolute Gasteiger partial charge is 0.293 e. The van der Waals surface area contributed by atoms with Crippen molar-refractivity contribution in [3.8, 4) is 0 Å². The van der Waals surface area contributed by atoms with Gasteiger partial charge in [0.05, 0.1) is 0 Å². The van der Waals surface area contributed by atoms with Crippen molar-refractivity contribution in [2.45, 2.75) is 19.3 Å². The number of benzene rings is 2. The standard InChI is InChI=1S/C19H18O/c1-14-12-17(15-8-4-2-5-9-15)19(20)18(13-14)16-10-6-3-7-11-16/h2-12,14,18H,13H2,1H3. The molecule has 1 aliphatic rings. The molecule has 0 saturated carbocycles. The third kappa shape index (κ3) is 2.44. The van der Waals surface area contributed by atoms with Gasteiger partial charge in [-0.25, -0.2) is 0 Å². The highest BCUT2D eigenvalue weighted by molar-refractivity contribution is 6.24. The van der Waals surface area contributed by atoms with Crippen molar-refractivity contribution in [3.05, 3.63) is 77.9 Å². The molecule has 0 spiro atoms. The molecule has 0 aliphatic heterocycles. The minimum Gasteiger partial charge on any atom is -0.293 e. The minimum atomic E-state index is -0.00796. The van der Waals surface area contributed by atoms with Gasteiger partial charge in [-0.15, -0.1) is 0 Å². The summed E-state index contributed by atoms with van der Waals surface area (Å²) in [5.41, 5.74) is 3.04. The third-order valence-electron chi connectivity index (χ3n) is 3.93. The molecular weight excluding hydrogens is 244 g/mol. The number of carbonyl (C=O) groups excluding carboxylic acids is 1. The lowest BCUT2D eigenvalue weighted by atomic mass is 9.76. The maximum atomic E-state index is 12.8. The van der Waals surface area contributed by atoms with Crippen LogP contribution in [0.1, 0.15) is 30.4 Å². The van der Waals surface area contributed by atoms with E-state index >= 15 is 0 Å². The highest BCUT2D eigenvalue weighted by atomic mass is 16.1. The van der Waals surface area contributed by atoms with Crippen molar-refractivity contribution in [3.63, 3.8) is 0 Å². The van der Waals surface area contributed by atoms with Crippen LogP contribution in [0.3, 0.4) is 0 Å². The maximum absolute atomic E-state index is 12.8. The Morgan fingerprint density at radius 2 is 1.50 bits per heavy atom. The summed E-state index contributed by atoms with van der Waals surface area (Å²) >= 11 is 0. The highest BCUT2D eigenvalue weighted by Gasteiger charge is 2.30.